The van der Waals surface area contributed by atoms with Gasteiger partial charge in [-0.1, -0.05) is 29.8 Å². The molecule has 0 radical (unpaired) electrons. The Morgan fingerprint density at radius 1 is 1.04 bits per heavy atom. The van der Waals surface area contributed by atoms with Crippen LogP contribution < -0.4 is 10.2 Å². The van der Waals surface area contributed by atoms with Crippen molar-refractivity contribution in [2.24, 2.45) is 0 Å². The van der Waals surface area contributed by atoms with Crippen LogP contribution in [-0.2, 0) is 16.1 Å². The van der Waals surface area contributed by atoms with E-state index < -0.39 is 0 Å². The maximum absolute atomic E-state index is 12.3. The molecule has 1 aromatic heterocycles. The standard InChI is InChI=1S/C19H23N5O2/c1-15-3-5-16(6-4-15)14-22-17(25)13-18(26)23-9-11-24(12-10-23)19-20-7-2-8-21-19/h2-8H,9-14H2,1H3,(H,22,25). The largest absolute Gasteiger partial charge is 0.352 e. The molecule has 1 N–H and O–H groups in total. The summed E-state index contributed by atoms with van der Waals surface area (Å²) in [6.07, 6.45) is 3.30. The number of anilines is 1. The Balaban J connectivity index is 1.42. The van der Waals surface area contributed by atoms with Crippen LogP contribution in [0.25, 0.3) is 0 Å². The van der Waals surface area contributed by atoms with Gasteiger partial charge in [-0.05, 0) is 18.6 Å². The zero-order chi connectivity index (χ0) is 18.4. The van der Waals surface area contributed by atoms with Crippen LogP contribution in [0.4, 0.5) is 5.95 Å². The lowest BCUT2D eigenvalue weighted by atomic mass is 10.1. The number of piperazine rings is 1. The van der Waals surface area contributed by atoms with Crippen molar-refractivity contribution in [1.29, 1.82) is 0 Å². The molecular formula is C19H23N5O2. The molecule has 0 aliphatic carbocycles. The number of aryl methyl sites for hydroxylation is 1. The fourth-order valence-corrected chi connectivity index (χ4v) is 2.83. The molecule has 0 unspecified atom stereocenters. The summed E-state index contributed by atoms with van der Waals surface area (Å²) in [5.41, 5.74) is 2.20. The molecule has 1 saturated heterocycles. The van der Waals surface area contributed by atoms with Crippen molar-refractivity contribution < 1.29 is 9.59 Å². The van der Waals surface area contributed by atoms with E-state index in [9.17, 15) is 9.59 Å². The van der Waals surface area contributed by atoms with Gasteiger partial charge in [0, 0.05) is 45.1 Å². The Kier molecular flexibility index (Phi) is 5.78. The third-order valence-electron chi connectivity index (χ3n) is 4.39. The lowest BCUT2D eigenvalue weighted by molar-refractivity contribution is -0.136. The number of aromatic nitrogens is 2. The number of rotatable bonds is 5. The van der Waals surface area contributed by atoms with Crippen molar-refractivity contribution in [3.05, 3.63) is 53.9 Å². The maximum atomic E-state index is 12.3. The molecule has 136 valence electrons. The van der Waals surface area contributed by atoms with Crippen molar-refractivity contribution in [2.75, 3.05) is 31.1 Å². The molecule has 1 fully saturated rings. The lowest BCUT2D eigenvalue weighted by Crippen LogP contribution is -2.50. The Bertz CT molecular complexity index is 740. The third kappa shape index (κ3) is 4.78. The Morgan fingerprint density at radius 3 is 2.35 bits per heavy atom. The highest BCUT2D eigenvalue weighted by molar-refractivity contribution is 5.96. The highest BCUT2D eigenvalue weighted by Gasteiger charge is 2.23. The fraction of sp³-hybridized carbons (Fsp3) is 0.368. The van der Waals surface area contributed by atoms with Gasteiger partial charge in [0.25, 0.3) is 0 Å². The van der Waals surface area contributed by atoms with Crippen LogP contribution in [-0.4, -0.2) is 52.9 Å². The van der Waals surface area contributed by atoms with Crippen LogP contribution in [0.15, 0.2) is 42.7 Å². The van der Waals surface area contributed by atoms with Gasteiger partial charge < -0.3 is 15.1 Å². The van der Waals surface area contributed by atoms with Gasteiger partial charge in [-0.15, -0.1) is 0 Å². The predicted octanol–water partition coefficient (Wildman–Crippen LogP) is 1.14. The average molecular weight is 353 g/mol. The highest BCUT2D eigenvalue weighted by atomic mass is 16.2. The first kappa shape index (κ1) is 17.8. The van der Waals surface area contributed by atoms with Crippen LogP contribution in [0.1, 0.15) is 17.5 Å². The molecule has 1 aliphatic rings. The maximum Gasteiger partial charge on any atom is 0.232 e. The van der Waals surface area contributed by atoms with Crippen molar-refractivity contribution in [2.45, 2.75) is 19.9 Å². The minimum Gasteiger partial charge on any atom is -0.352 e. The first-order chi connectivity index (χ1) is 12.6. The van der Waals surface area contributed by atoms with Crippen molar-refractivity contribution >= 4 is 17.8 Å². The molecule has 1 aliphatic heterocycles. The van der Waals surface area contributed by atoms with Crippen LogP contribution in [0.5, 0.6) is 0 Å². The molecule has 26 heavy (non-hydrogen) atoms. The molecule has 2 heterocycles. The second-order valence-electron chi connectivity index (χ2n) is 6.36. The lowest BCUT2D eigenvalue weighted by Gasteiger charge is -2.34. The molecule has 3 rings (SSSR count). The Labute approximate surface area is 153 Å². The molecule has 2 amide bonds. The monoisotopic (exact) mass is 353 g/mol. The summed E-state index contributed by atoms with van der Waals surface area (Å²) in [7, 11) is 0. The van der Waals surface area contributed by atoms with Crippen LogP contribution in [0.2, 0.25) is 0 Å². The summed E-state index contributed by atoms with van der Waals surface area (Å²) >= 11 is 0. The van der Waals surface area contributed by atoms with E-state index in [1.54, 1.807) is 23.4 Å². The summed E-state index contributed by atoms with van der Waals surface area (Å²) in [6, 6.07) is 9.73. The Hall–Kier alpha value is -2.96. The number of carbonyl (C=O) groups is 2. The molecule has 2 aromatic rings. The first-order valence-corrected chi connectivity index (χ1v) is 8.74. The number of hydrogen-bond donors (Lipinski definition) is 1. The average Bonchev–Trinajstić information content (AvgIpc) is 2.68. The minimum absolute atomic E-state index is 0.117. The molecule has 0 saturated carbocycles. The van der Waals surface area contributed by atoms with E-state index in [-0.39, 0.29) is 18.2 Å². The number of nitrogens with zero attached hydrogens (tertiary/aromatic N) is 4. The number of nitrogens with one attached hydrogen (secondary N) is 1. The van der Waals surface area contributed by atoms with Gasteiger partial charge in [-0.25, -0.2) is 9.97 Å². The highest BCUT2D eigenvalue weighted by Crippen LogP contribution is 2.10. The van der Waals surface area contributed by atoms with E-state index in [1.807, 2.05) is 36.1 Å². The quantitative estimate of drug-likeness (QED) is 0.816. The van der Waals surface area contributed by atoms with Crippen molar-refractivity contribution in [1.82, 2.24) is 20.2 Å². The van der Waals surface area contributed by atoms with Crippen molar-refractivity contribution in [3.63, 3.8) is 0 Å². The number of amides is 2. The fourth-order valence-electron chi connectivity index (χ4n) is 2.83. The van der Waals surface area contributed by atoms with E-state index >= 15 is 0 Å². The van der Waals surface area contributed by atoms with Crippen LogP contribution >= 0.6 is 0 Å². The Morgan fingerprint density at radius 2 is 1.69 bits per heavy atom. The molecule has 7 heteroatoms. The summed E-state index contributed by atoms with van der Waals surface area (Å²) in [4.78, 5) is 36.6. The topological polar surface area (TPSA) is 78.4 Å². The summed E-state index contributed by atoms with van der Waals surface area (Å²) in [5.74, 6) is 0.292. The molecular weight excluding hydrogens is 330 g/mol. The third-order valence-corrected chi connectivity index (χ3v) is 4.39. The molecule has 0 spiro atoms. The van der Waals surface area contributed by atoms with Gasteiger partial charge in [0.05, 0.1) is 0 Å². The normalized spacial score (nSPS) is 14.2. The van der Waals surface area contributed by atoms with Gasteiger partial charge >= 0.3 is 0 Å². The zero-order valence-corrected chi connectivity index (χ0v) is 14.9. The molecule has 7 nitrogen and oxygen atoms in total. The number of hydrogen-bond acceptors (Lipinski definition) is 5. The SMILES string of the molecule is Cc1ccc(CNC(=O)CC(=O)N2CCN(c3ncccn3)CC2)cc1. The van der Waals surface area contributed by atoms with E-state index in [2.05, 4.69) is 15.3 Å². The zero-order valence-electron chi connectivity index (χ0n) is 14.9. The van der Waals surface area contributed by atoms with E-state index in [0.717, 1.165) is 5.56 Å². The smallest absolute Gasteiger partial charge is 0.232 e. The van der Waals surface area contributed by atoms with Gasteiger partial charge in [-0.3, -0.25) is 9.59 Å². The first-order valence-electron chi connectivity index (χ1n) is 8.74. The number of benzene rings is 1. The van der Waals surface area contributed by atoms with Gasteiger partial charge in [-0.2, -0.15) is 0 Å². The second-order valence-corrected chi connectivity index (χ2v) is 6.36. The van der Waals surface area contributed by atoms with E-state index in [4.69, 9.17) is 0 Å². The van der Waals surface area contributed by atoms with Gasteiger partial charge in [0.15, 0.2) is 0 Å². The summed E-state index contributed by atoms with van der Waals surface area (Å²) in [6.45, 7) is 4.93. The molecule has 0 bridgehead atoms. The van der Waals surface area contributed by atoms with Gasteiger partial charge in [0.1, 0.15) is 6.42 Å². The molecule has 0 atom stereocenters. The summed E-state index contributed by atoms with van der Waals surface area (Å²) < 4.78 is 0. The summed E-state index contributed by atoms with van der Waals surface area (Å²) in [5, 5.41) is 2.81. The van der Waals surface area contributed by atoms with Crippen LogP contribution in [0, 0.1) is 6.92 Å². The molecule has 1 aromatic carbocycles. The number of carbonyl (C=O) groups excluding carboxylic acids is 2. The second kappa shape index (κ2) is 8.42. The van der Waals surface area contributed by atoms with Gasteiger partial charge in [0.2, 0.25) is 17.8 Å². The van der Waals surface area contributed by atoms with Crippen LogP contribution in [0.3, 0.4) is 0 Å². The van der Waals surface area contributed by atoms with E-state index in [0.29, 0.717) is 38.7 Å². The predicted molar refractivity (Wildman–Crippen MR) is 98.5 cm³/mol. The van der Waals surface area contributed by atoms with Crippen molar-refractivity contribution in [3.8, 4) is 0 Å². The minimum atomic E-state index is -0.246. The van der Waals surface area contributed by atoms with E-state index in [1.165, 1.54) is 5.56 Å².